The summed E-state index contributed by atoms with van der Waals surface area (Å²) in [6, 6.07) is 0.685. The van der Waals surface area contributed by atoms with Crippen molar-refractivity contribution in [1.29, 1.82) is 0 Å². The molecular formula is C10H17N3O5S2. The number of nitrogens with zero attached hydrogens (tertiary/aromatic N) is 2. The van der Waals surface area contributed by atoms with E-state index in [4.69, 9.17) is 5.11 Å². The normalized spacial score (nSPS) is 12.1. The number of nitro groups is 1. The first-order chi connectivity index (χ1) is 9.25. The number of sulfonamides is 1. The van der Waals surface area contributed by atoms with Crippen LogP contribution in [0.3, 0.4) is 0 Å². The largest absolute Gasteiger partial charge is 0.395 e. The van der Waals surface area contributed by atoms with Gasteiger partial charge in [0.15, 0.2) is 5.00 Å². The lowest BCUT2D eigenvalue weighted by Gasteiger charge is -2.23. The minimum absolute atomic E-state index is 0.0550. The molecule has 10 heteroatoms. The Kier molecular flexibility index (Phi) is 5.45. The van der Waals surface area contributed by atoms with Crippen LogP contribution in [0.25, 0.3) is 0 Å². The maximum atomic E-state index is 12.4. The van der Waals surface area contributed by atoms with Crippen LogP contribution in [0.15, 0.2) is 10.3 Å². The highest BCUT2D eigenvalue weighted by atomic mass is 32.2. The molecule has 0 saturated carbocycles. The first kappa shape index (κ1) is 16.8. The molecule has 0 aromatic carbocycles. The van der Waals surface area contributed by atoms with Gasteiger partial charge in [0.1, 0.15) is 4.21 Å². The molecule has 0 spiro atoms. The Hall–Kier alpha value is -1.23. The zero-order chi connectivity index (χ0) is 15.5. The second-order valence-electron chi connectivity index (χ2n) is 4.22. The van der Waals surface area contributed by atoms with Crippen molar-refractivity contribution in [1.82, 2.24) is 4.31 Å². The monoisotopic (exact) mass is 323 g/mol. The maximum absolute atomic E-state index is 12.4. The molecule has 0 amide bonds. The minimum atomic E-state index is -3.86. The molecule has 1 aromatic rings. The molecule has 8 nitrogen and oxygen atoms in total. The van der Waals surface area contributed by atoms with E-state index in [1.54, 1.807) is 13.8 Å². The number of aliphatic hydroxyl groups excluding tert-OH is 1. The number of nitrogens with one attached hydrogen (secondary N) is 1. The fourth-order valence-corrected chi connectivity index (χ4v) is 4.71. The van der Waals surface area contributed by atoms with E-state index < -0.39 is 14.9 Å². The Morgan fingerprint density at radius 1 is 1.55 bits per heavy atom. The summed E-state index contributed by atoms with van der Waals surface area (Å²) >= 11 is 0.802. The summed E-state index contributed by atoms with van der Waals surface area (Å²) in [7, 11) is -2.37. The third-order valence-electron chi connectivity index (χ3n) is 2.57. The number of aliphatic hydroxyl groups is 1. The Morgan fingerprint density at radius 2 is 2.15 bits per heavy atom. The first-order valence-electron chi connectivity index (χ1n) is 5.84. The molecule has 0 saturated heterocycles. The van der Waals surface area contributed by atoms with E-state index in [0.717, 1.165) is 21.7 Å². The minimum Gasteiger partial charge on any atom is -0.395 e. The summed E-state index contributed by atoms with van der Waals surface area (Å²) in [4.78, 5) is 10.2. The molecule has 0 fully saturated rings. The van der Waals surface area contributed by atoms with Crippen molar-refractivity contribution in [2.45, 2.75) is 24.1 Å². The molecule has 0 aliphatic carbocycles. The van der Waals surface area contributed by atoms with Gasteiger partial charge >= 0.3 is 5.69 Å². The van der Waals surface area contributed by atoms with Gasteiger partial charge in [0.05, 0.1) is 11.5 Å². The van der Waals surface area contributed by atoms with Crippen LogP contribution in [-0.2, 0) is 10.0 Å². The van der Waals surface area contributed by atoms with Crippen molar-refractivity contribution in [3.05, 3.63) is 16.2 Å². The van der Waals surface area contributed by atoms with Crippen LogP contribution in [0.5, 0.6) is 0 Å². The lowest BCUT2D eigenvalue weighted by molar-refractivity contribution is -0.383. The molecule has 114 valence electrons. The van der Waals surface area contributed by atoms with Gasteiger partial charge < -0.3 is 10.4 Å². The average molecular weight is 323 g/mol. The van der Waals surface area contributed by atoms with Crippen molar-refractivity contribution < 1.29 is 18.4 Å². The van der Waals surface area contributed by atoms with E-state index in [1.165, 1.54) is 7.05 Å². The molecule has 0 unspecified atom stereocenters. The second-order valence-corrected chi connectivity index (χ2v) is 7.39. The quantitative estimate of drug-likeness (QED) is 0.573. The molecule has 0 bridgehead atoms. The van der Waals surface area contributed by atoms with Crippen molar-refractivity contribution in [2.75, 3.05) is 25.5 Å². The smallest absolute Gasteiger partial charge is 0.304 e. The lowest BCUT2D eigenvalue weighted by Crippen LogP contribution is -2.38. The summed E-state index contributed by atoms with van der Waals surface area (Å²) in [6.07, 6.45) is 0. The van der Waals surface area contributed by atoms with E-state index in [9.17, 15) is 18.5 Å². The van der Waals surface area contributed by atoms with Gasteiger partial charge in [-0.2, -0.15) is 4.31 Å². The van der Waals surface area contributed by atoms with Crippen molar-refractivity contribution in [2.24, 2.45) is 0 Å². The predicted molar refractivity (Wildman–Crippen MR) is 76.6 cm³/mol. The van der Waals surface area contributed by atoms with Gasteiger partial charge in [0, 0.05) is 25.7 Å². The molecule has 1 heterocycles. The summed E-state index contributed by atoms with van der Waals surface area (Å²) in [5, 5.41) is 22.6. The van der Waals surface area contributed by atoms with E-state index in [0.29, 0.717) is 0 Å². The Labute approximate surface area is 121 Å². The van der Waals surface area contributed by atoms with E-state index in [1.807, 2.05) is 0 Å². The maximum Gasteiger partial charge on any atom is 0.304 e. The average Bonchev–Trinajstić information content (AvgIpc) is 2.80. The predicted octanol–water partition coefficient (Wildman–Crippen LogP) is 1.09. The molecule has 0 atom stereocenters. The Morgan fingerprint density at radius 3 is 2.50 bits per heavy atom. The van der Waals surface area contributed by atoms with Gasteiger partial charge in [-0.15, -0.1) is 0 Å². The van der Waals surface area contributed by atoms with Crippen LogP contribution in [0.1, 0.15) is 13.8 Å². The van der Waals surface area contributed by atoms with E-state index in [-0.39, 0.29) is 34.1 Å². The third-order valence-corrected chi connectivity index (χ3v) is 6.24. The summed E-state index contributed by atoms with van der Waals surface area (Å²) in [5.41, 5.74) is -0.274. The van der Waals surface area contributed by atoms with Gasteiger partial charge in [0.2, 0.25) is 0 Å². The van der Waals surface area contributed by atoms with Gasteiger partial charge in [-0.05, 0) is 13.8 Å². The molecule has 1 aromatic heterocycles. The highest BCUT2D eigenvalue weighted by molar-refractivity contribution is 7.91. The van der Waals surface area contributed by atoms with Crippen LogP contribution in [-0.4, -0.2) is 49.0 Å². The number of hydrogen-bond acceptors (Lipinski definition) is 7. The van der Waals surface area contributed by atoms with Crippen LogP contribution in [0.2, 0.25) is 0 Å². The van der Waals surface area contributed by atoms with Crippen molar-refractivity contribution >= 4 is 32.0 Å². The summed E-state index contributed by atoms with van der Waals surface area (Å²) in [5.74, 6) is 0. The fourth-order valence-electron chi connectivity index (χ4n) is 1.67. The number of hydrogen-bond donors (Lipinski definition) is 2. The topological polar surface area (TPSA) is 113 Å². The molecule has 0 aliphatic heterocycles. The molecule has 0 aliphatic rings. The van der Waals surface area contributed by atoms with Gasteiger partial charge in [-0.3, -0.25) is 10.1 Å². The molecule has 20 heavy (non-hydrogen) atoms. The summed E-state index contributed by atoms with van der Waals surface area (Å²) in [6.45, 7) is 2.98. The summed E-state index contributed by atoms with van der Waals surface area (Å²) < 4.78 is 25.9. The molecule has 1 rings (SSSR count). The Balaban J connectivity index is 3.31. The lowest BCUT2D eigenvalue weighted by atomic mass is 10.4. The molecular weight excluding hydrogens is 306 g/mol. The van der Waals surface area contributed by atoms with Gasteiger partial charge in [-0.25, -0.2) is 8.42 Å². The standard InChI is InChI=1S/C10H17N3O5S2/c1-7(2)12(4-5-14)20(17,18)9-6-8(13(15)16)10(11-3)19-9/h6-7,11,14H,4-5H2,1-3H3. The molecule has 2 N–H and O–H groups in total. The van der Waals surface area contributed by atoms with Crippen molar-refractivity contribution in [3.8, 4) is 0 Å². The fraction of sp³-hybridized carbons (Fsp3) is 0.600. The van der Waals surface area contributed by atoms with Gasteiger partial charge in [-0.1, -0.05) is 11.3 Å². The Bertz CT molecular complexity index is 582. The number of thiophene rings is 1. The van der Waals surface area contributed by atoms with E-state index >= 15 is 0 Å². The van der Waals surface area contributed by atoms with E-state index in [2.05, 4.69) is 5.32 Å². The highest BCUT2D eigenvalue weighted by Gasteiger charge is 2.31. The van der Waals surface area contributed by atoms with Crippen molar-refractivity contribution in [3.63, 3.8) is 0 Å². The third kappa shape index (κ3) is 3.26. The second kappa shape index (κ2) is 6.48. The van der Waals surface area contributed by atoms with Gasteiger partial charge in [0.25, 0.3) is 10.0 Å². The van der Waals surface area contributed by atoms with Crippen LogP contribution in [0, 0.1) is 10.1 Å². The first-order valence-corrected chi connectivity index (χ1v) is 8.10. The SMILES string of the molecule is CNc1sc(S(=O)(=O)N(CCO)C(C)C)cc1[N+](=O)[O-]. The number of anilines is 1. The zero-order valence-electron chi connectivity index (χ0n) is 11.4. The van der Waals surface area contributed by atoms with Crippen LogP contribution in [0.4, 0.5) is 10.7 Å². The van der Waals surface area contributed by atoms with Crippen LogP contribution < -0.4 is 5.32 Å². The zero-order valence-corrected chi connectivity index (χ0v) is 13.0. The molecule has 0 radical (unpaired) electrons. The number of rotatable bonds is 7. The highest BCUT2D eigenvalue weighted by Crippen LogP contribution is 2.38. The van der Waals surface area contributed by atoms with Crippen LogP contribution >= 0.6 is 11.3 Å².